The van der Waals surface area contributed by atoms with Gasteiger partial charge < -0.3 is 14.8 Å². The molecule has 2 amide bonds. The van der Waals surface area contributed by atoms with Crippen LogP contribution in [0, 0.1) is 13.8 Å². The molecule has 164 valence electrons. The van der Waals surface area contributed by atoms with E-state index < -0.39 is 12.0 Å². The lowest BCUT2D eigenvalue weighted by Gasteiger charge is -2.35. The van der Waals surface area contributed by atoms with Gasteiger partial charge in [-0.15, -0.1) is 0 Å². The van der Waals surface area contributed by atoms with Gasteiger partial charge in [-0.05, 0) is 44.0 Å². The lowest BCUT2D eigenvalue weighted by Crippen LogP contribution is -2.48. The molecule has 2 aromatic rings. The molecule has 1 unspecified atom stereocenters. The number of benzene rings is 2. The van der Waals surface area contributed by atoms with E-state index in [2.05, 4.69) is 5.32 Å². The second-order valence-corrected chi connectivity index (χ2v) is 8.09. The molecule has 0 bridgehead atoms. The molecule has 0 saturated heterocycles. The maximum atomic E-state index is 13.0. The summed E-state index contributed by atoms with van der Waals surface area (Å²) in [6, 6.07) is 9.73. The Morgan fingerprint density at radius 1 is 1.16 bits per heavy atom. The lowest BCUT2D eigenvalue weighted by atomic mass is 9.90. The smallest absolute Gasteiger partial charge is 0.338 e. The van der Waals surface area contributed by atoms with E-state index in [1.165, 1.54) is 4.90 Å². The molecule has 1 aliphatic rings. The van der Waals surface area contributed by atoms with Crippen LogP contribution in [-0.2, 0) is 9.53 Å². The SMILES string of the molecule is CCOC(=O)C1=C(COc2cc(Cl)ccc2Cl)N(C)C(=O)NC1c1cc(C)ccc1C. The summed E-state index contributed by atoms with van der Waals surface area (Å²) >= 11 is 12.3. The zero-order valence-electron chi connectivity index (χ0n) is 17.8. The highest BCUT2D eigenvalue weighted by Gasteiger charge is 2.37. The number of halogens is 2. The molecular weight excluding hydrogens is 439 g/mol. The van der Waals surface area contributed by atoms with Crippen LogP contribution < -0.4 is 10.1 Å². The molecule has 0 aromatic heterocycles. The molecule has 3 rings (SSSR count). The van der Waals surface area contributed by atoms with Gasteiger partial charge >= 0.3 is 12.0 Å². The summed E-state index contributed by atoms with van der Waals surface area (Å²) in [5.74, 6) is -0.163. The van der Waals surface area contributed by atoms with E-state index in [0.717, 1.165) is 16.7 Å². The molecule has 2 aromatic carbocycles. The highest BCUT2D eigenvalue weighted by Crippen LogP contribution is 2.34. The van der Waals surface area contributed by atoms with Crippen LogP contribution in [0.15, 0.2) is 47.7 Å². The molecular formula is C23H24Cl2N2O4. The number of ether oxygens (including phenoxy) is 2. The minimum absolute atomic E-state index is 0.0699. The van der Waals surface area contributed by atoms with Crippen molar-refractivity contribution in [2.24, 2.45) is 0 Å². The van der Waals surface area contributed by atoms with Gasteiger partial charge in [0, 0.05) is 18.1 Å². The molecule has 1 N–H and O–H groups in total. The fourth-order valence-electron chi connectivity index (χ4n) is 3.42. The fraction of sp³-hybridized carbons (Fsp3) is 0.304. The Hall–Kier alpha value is -2.70. The van der Waals surface area contributed by atoms with Gasteiger partial charge in [0.2, 0.25) is 0 Å². The Bertz CT molecular complexity index is 1050. The van der Waals surface area contributed by atoms with Crippen molar-refractivity contribution in [3.05, 3.63) is 74.4 Å². The normalized spacial score (nSPS) is 16.3. The maximum Gasteiger partial charge on any atom is 0.338 e. The van der Waals surface area contributed by atoms with Crippen molar-refractivity contribution >= 4 is 35.2 Å². The number of hydrogen-bond acceptors (Lipinski definition) is 4. The Kier molecular flexibility index (Phi) is 7.13. The van der Waals surface area contributed by atoms with Crippen LogP contribution >= 0.6 is 23.2 Å². The molecule has 0 spiro atoms. The number of hydrogen-bond donors (Lipinski definition) is 1. The summed E-state index contributed by atoms with van der Waals surface area (Å²) in [6.45, 7) is 5.76. The van der Waals surface area contributed by atoms with Crippen LogP contribution in [0.25, 0.3) is 0 Å². The third kappa shape index (κ3) is 4.97. The topological polar surface area (TPSA) is 67.9 Å². The molecule has 8 heteroatoms. The van der Waals surface area contributed by atoms with Crippen molar-refractivity contribution < 1.29 is 19.1 Å². The van der Waals surface area contributed by atoms with Crippen LogP contribution in [0.3, 0.4) is 0 Å². The molecule has 1 heterocycles. The third-order valence-electron chi connectivity index (χ3n) is 5.08. The Morgan fingerprint density at radius 2 is 1.90 bits per heavy atom. The second kappa shape index (κ2) is 9.62. The first kappa shape index (κ1) is 23.0. The van der Waals surface area contributed by atoms with E-state index in [9.17, 15) is 9.59 Å². The quantitative estimate of drug-likeness (QED) is 0.598. The summed E-state index contributed by atoms with van der Waals surface area (Å²) in [4.78, 5) is 27.1. The Morgan fingerprint density at radius 3 is 2.61 bits per heavy atom. The molecule has 6 nitrogen and oxygen atoms in total. The summed E-state index contributed by atoms with van der Waals surface area (Å²) in [5.41, 5.74) is 3.49. The van der Waals surface area contributed by atoms with Gasteiger partial charge in [0.1, 0.15) is 12.4 Å². The highest BCUT2D eigenvalue weighted by molar-refractivity contribution is 6.34. The van der Waals surface area contributed by atoms with Crippen molar-refractivity contribution in [2.45, 2.75) is 26.8 Å². The molecule has 0 fully saturated rings. The van der Waals surface area contributed by atoms with E-state index in [4.69, 9.17) is 32.7 Å². The van der Waals surface area contributed by atoms with Crippen molar-refractivity contribution in [3.8, 4) is 5.75 Å². The average molecular weight is 463 g/mol. The molecule has 0 aliphatic carbocycles. The molecule has 1 aliphatic heterocycles. The Labute approximate surface area is 191 Å². The van der Waals surface area contributed by atoms with Crippen molar-refractivity contribution in [1.82, 2.24) is 10.2 Å². The van der Waals surface area contributed by atoms with E-state index in [-0.39, 0.29) is 19.2 Å². The first-order valence-electron chi connectivity index (χ1n) is 9.82. The highest BCUT2D eigenvalue weighted by atomic mass is 35.5. The van der Waals surface area contributed by atoms with Crippen LogP contribution in [0.4, 0.5) is 4.79 Å². The summed E-state index contributed by atoms with van der Waals surface area (Å²) in [5, 5.41) is 3.75. The van der Waals surface area contributed by atoms with Gasteiger partial charge in [0.15, 0.2) is 0 Å². The number of aryl methyl sites for hydroxylation is 2. The maximum absolute atomic E-state index is 13.0. The van der Waals surface area contributed by atoms with Gasteiger partial charge in [-0.1, -0.05) is 47.0 Å². The van der Waals surface area contributed by atoms with Crippen molar-refractivity contribution in [2.75, 3.05) is 20.3 Å². The summed E-state index contributed by atoms with van der Waals surface area (Å²) < 4.78 is 11.2. The fourth-order valence-corrected chi connectivity index (χ4v) is 3.75. The lowest BCUT2D eigenvalue weighted by molar-refractivity contribution is -0.139. The van der Waals surface area contributed by atoms with Gasteiger partial charge in [-0.3, -0.25) is 4.90 Å². The van der Waals surface area contributed by atoms with E-state index in [1.54, 1.807) is 32.2 Å². The summed E-state index contributed by atoms with van der Waals surface area (Å²) in [7, 11) is 1.58. The predicted molar refractivity (Wildman–Crippen MR) is 121 cm³/mol. The molecule has 0 radical (unpaired) electrons. The number of amides is 2. The van der Waals surface area contributed by atoms with Crippen LogP contribution in [-0.4, -0.2) is 37.2 Å². The van der Waals surface area contributed by atoms with E-state index in [1.807, 2.05) is 32.0 Å². The first-order valence-corrected chi connectivity index (χ1v) is 10.6. The third-order valence-corrected chi connectivity index (χ3v) is 5.62. The van der Waals surface area contributed by atoms with Gasteiger partial charge in [0.05, 0.1) is 28.9 Å². The van der Waals surface area contributed by atoms with Gasteiger partial charge in [-0.2, -0.15) is 0 Å². The number of nitrogens with one attached hydrogen (secondary N) is 1. The van der Waals surface area contributed by atoms with Crippen molar-refractivity contribution in [3.63, 3.8) is 0 Å². The number of likely N-dealkylation sites (N-methyl/N-ethyl adjacent to an activating group) is 1. The number of nitrogens with zero attached hydrogens (tertiary/aromatic N) is 1. The van der Waals surface area contributed by atoms with Crippen molar-refractivity contribution in [1.29, 1.82) is 0 Å². The second-order valence-electron chi connectivity index (χ2n) is 7.25. The minimum Gasteiger partial charge on any atom is -0.486 e. The number of carbonyl (C=O) groups is 2. The molecule has 0 saturated carbocycles. The number of carbonyl (C=O) groups excluding carboxylic acids is 2. The van der Waals surface area contributed by atoms with Crippen LogP contribution in [0.1, 0.15) is 29.7 Å². The minimum atomic E-state index is -0.670. The first-order chi connectivity index (χ1) is 14.7. The molecule has 31 heavy (non-hydrogen) atoms. The van der Waals surface area contributed by atoms with E-state index in [0.29, 0.717) is 27.1 Å². The number of urea groups is 1. The van der Waals surface area contributed by atoms with Gasteiger partial charge in [0.25, 0.3) is 0 Å². The number of esters is 1. The predicted octanol–water partition coefficient (Wildman–Crippen LogP) is 5.20. The van der Waals surface area contributed by atoms with E-state index >= 15 is 0 Å². The van der Waals surface area contributed by atoms with Gasteiger partial charge in [-0.25, -0.2) is 9.59 Å². The Balaban J connectivity index is 2.10. The van der Waals surface area contributed by atoms with Crippen LogP contribution in [0.5, 0.6) is 5.75 Å². The zero-order chi connectivity index (χ0) is 22.7. The largest absolute Gasteiger partial charge is 0.486 e. The monoisotopic (exact) mass is 462 g/mol. The standard InChI is InChI=1S/C23H24Cl2N2O4/c1-5-30-22(28)20-18(12-31-19-11-15(24)8-9-17(19)25)27(4)23(29)26-21(20)16-10-13(2)6-7-14(16)3/h6-11,21H,5,12H2,1-4H3,(H,26,29). The van der Waals surface area contributed by atoms with Crippen LogP contribution in [0.2, 0.25) is 10.0 Å². The molecule has 1 atom stereocenters. The average Bonchev–Trinajstić information content (AvgIpc) is 2.73. The summed E-state index contributed by atoms with van der Waals surface area (Å²) in [6.07, 6.45) is 0. The zero-order valence-corrected chi connectivity index (χ0v) is 19.3. The number of rotatable bonds is 6.